The van der Waals surface area contributed by atoms with Gasteiger partial charge in [-0.05, 0) is 31.4 Å². The van der Waals surface area contributed by atoms with Crippen LogP contribution in [0, 0.1) is 5.92 Å². The number of hydrogen-bond donors (Lipinski definition) is 1. The van der Waals surface area contributed by atoms with Crippen molar-refractivity contribution in [2.45, 2.75) is 25.8 Å². The van der Waals surface area contributed by atoms with Crippen molar-refractivity contribution in [3.05, 3.63) is 35.9 Å². The summed E-state index contributed by atoms with van der Waals surface area (Å²) in [6, 6.07) is 5.55. The fourth-order valence-electron chi connectivity index (χ4n) is 2.85. The normalized spacial score (nSPS) is 16.9. The summed E-state index contributed by atoms with van der Waals surface area (Å²) >= 11 is 0. The fourth-order valence-corrected chi connectivity index (χ4v) is 2.85. The first-order valence-electron chi connectivity index (χ1n) is 7.95. The molecule has 23 heavy (non-hydrogen) atoms. The van der Waals surface area contributed by atoms with Crippen LogP contribution in [0.4, 0.5) is 0 Å². The van der Waals surface area contributed by atoms with Crippen LogP contribution in [0.25, 0.3) is 0 Å². The van der Waals surface area contributed by atoms with Crippen molar-refractivity contribution in [2.75, 3.05) is 27.4 Å². The lowest BCUT2D eigenvalue weighted by atomic mass is 9.93. The van der Waals surface area contributed by atoms with Crippen LogP contribution in [0.1, 0.15) is 24.8 Å². The molecule has 1 N–H and O–H groups in total. The zero-order valence-electron chi connectivity index (χ0n) is 13.8. The molecule has 0 saturated carbocycles. The monoisotopic (exact) mass is 319 g/mol. The molecular formula is C18H25NO4. The number of aliphatic hydroxyl groups excluding tert-OH is 1. The van der Waals surface area contributed by atoms with Gasteiger partial charge in [0, 0.05) is 30.6 Å². The minimum atomic E-state index is -0.0488. The summed E-state index contributed by atoms with van der Waals surface area (Å²) in [5.41, 5.74) is 0.904. The molecule has 1 aromatic rings. The molecule has 0 aliphatic heterocycles. The summed E-state index contributed by atoms with van der Waals surface area (Å²) in [4.78, 5) is 14.4. The SMILES string of the molecule is COc1ccc(CN(CCO)C(=O)C2CC=CCC2)c(OC)c1. The van der Waals surface area contributed by atoms with Gasteiger partial charge in [0.2, 0.25) is 5.91 Å². The Morgan fingerprint density at radius 3 is 2.74 bits per heavy atom. The second kappa shape index (κ2) is 8.58. The van der Waals surface area contributed by atoms with E-state index in [0.717, 1.165) is 24.8 Å². The van der Waals surface area contributed by atoms with Crippen molar-refractivity contribution in [3.8, 4) is 11.5 Å². The fraction of sp³-hybridized carbons (Fsp3) is 0.500. The van der Waals surface area contributed by atoms with Gasteiger partial charge in [-0.1, -0.05) is 12.2 Å². The zero-order chi connectivity index (χ0) is 16.7. The lowest BCUT2D eigenvalue weighted by Gasteiger charge is -2.28. The van der Waals surface area contributed by atoms with Gasteiger partial charge in [-0.25, -0.2) is 0 Å². The maximum atomic E-state index is 12.7. The zero-order valence-corrected chi connectivity index (χ0v) is 13.8. The average molecular weight is 319 g/mol. The van der Waals surface area contributed by atoms with Crippen molar-refractivity contribution in [2.24, 2.45) is 5.92 Å². The van der Waals surface area contributed by atoms with Crippen LogP contribution >= 0.6 is 0 Å². The van der Waals surface area contributed by atoms with Crippen LogP contribution in [0.15, 0.2) is 30.4 Å². The summed E-state index contributed by atoms with van der Waals surface area (Å²) in [6.45, 7) is 0.702. The first-order valence-corrected chi connectivity index (χ1v) is 7.95. The molecule has 0 spiro atoms. The number of aliphatic hydroxyl groups is 1. The van der Waals surface area contributed by atoms with Crippen LogP contribution in [-0.2, 0) is 11.3 Å². The minimum absolute atomic E-state index is 0.00999. The van der Waals surface area contributed by atoms with E-state index < -0.39 is 0 Å². The Morgan fingerprint density at radius 1 is 1.30 bits per heavy atom. The van der Waals surface area contributed by atoms with Crippen LogP contribution in [0.2, 0.25) is 0 Å². The number of ether oxygens (including phenoxy) is 2. The predicted octanol–water partition coefficient (Wildman–Crippen LogP) is 2.38. The topological polar surface area (TPSA) is 59.0 Å². The third kappa shape index (κ3) is 4.48. The van der Waals surface area contributed by atoms with E-state index in [1.807, 2.05) is 12.1 Å². The molecule has 0 bridgehead atoms. The van der Waals surface area contributed by atoms with Crippen LogP contribution in [0.3, 0.4) is 0 Å². The Hall–Kier alpha value is -2.01. The minimum Gasteiger partial charge on any atom is -0.497 e. The van der Waals surface area contributed by atoms with Crippen LogP contribution in [0.5, 0.6) is 11.5 Å². The molecule has 126 valence electrons. The maximum absolute atomic E-state index is 12.7. The molecule has 1 aromatic carbocycles. The highest BCUT2D eigenvalue weighted by Gasteiger charge is 2.25. The largest absolute Gasteiger partial charge is 0.497 e. The number of benzene rings is 1. The number of allylic oxidation sites excluding steroid dienone is 2. The Kier molecular flexibility index (Phi) is 6.47. The third-order valence-electron chi connectivity index (χ3n) is 4.16. The molecule has 0 radical (unpaired) electrons. The van der Waals surface area contributed by atoms with Crippen molar-refractivity contribution in [1.29, 1.82) is 0 Å². The highest BCUT2D eigenvalue weighted by molar-refractivity contribution is 5.79. The van der Waals surface area contributed by atoms with Crippen molar-refractivity contribution in [3.63, 3.8) is 0 Å². The van der Waals surface area contributed by atoms with E-state index in [-0.39, 0.29) is 18.4 Å². The van der Waals surface area contributed by atoms with Gasteiger partial charge in [-0.15, -0.1) is 0 Å². The summed E-state index contributed by atoms with van der Waals surface area (Å²) in [7, 11) is 3.20. The highest BCUT2D eigenvalue weighted by atomic mass is 16.5. The van der Waals surface area contributed by atoms with Crippen LogP contribution in [-0.4, -0.2) is 43.3 Å². The number of methoxy groups -OCH3 is 2. The van der Waals surface area contributed by atoms with Gasteiger partial charge in [-0.2, -0.15) is 0 Å². The molecule has 1 aliphatic rings. The van der Waals surface area contributed by atoms with Gasteiger partial charge in [0.1, 0.15) is 11.5 Å². The summed E-state index contributed by atoms with van der Waals surface area (Å²) < 4.78 is 10.6. The quantitative estimate of drug-likeness (QED) is 0.784. The molecule has 2 rings (SSSR count). The summed E-state index contributed by atoms with van der Waals surface area (Å²) in [5.74, 6) is 1.50. The molecule has 5 heteroatoms. The first kappa shape index (κ1) is 17.3. The molecule has 1 aliphatic carbocycles. The van der Waals surface area contributed by atoms with E-state index in [9.17, 15) is 9.90 Å². The second-order valence-corrected chi connectivity index (χ2v) is 5.64. The van der Waals surface area contributed by atoms with Crippen molar-refractivity contribution in [1.82, 2.24) is 4.90 Å². The van der Waals surface area contributed by atoms with E-state index in [0.29, 0.717) is 24.6 Å². The number of amides is 1. The molecular weight excluding hydrogens is 294 g/mol. The maximum Gasteiger partial charge on any atom is 0.226 e. The Morgan fingerprint density at radius 2 is 2.13 bits per heavy atom. The van der Waals surface area contributed by atoms with Gasteiger partial charge in [0.25, 0.3) is 0 Å². The van der Waals surface area contributed by atoms with E-state index in [1.54, 1.807) is 25.2 Å². The summed E-state index contributed by atoms with van der Waals surface area (Å²) in [5, 5.41) is 9.31. The number of rotatable bonds is 7. The number of carbonyl (C=O) groups is 1. The molecule has 0 fully saturated rings. The van der Waals surface area contributed by atoms with E-state index >= 15 is 0 Å². The molecule has 0 aromatic heterocycles. The molecule has 1 atom stereocenters. The average Bonchev–Trinajstić information content (AvgIpc) is 2.61. The number of hydrogen-bond acceptors (Lipinski definition) is 4. The number of nitrogens with zero attached hydrogens (tertiary/aromatic N) is 1. The van der Waals surface area contributed by atoms with Gasteiger partial charge in [0.05, 0.1) is 20.8 Å². The predicted molar refractivity (Wildman–Crippen MR) is 88.5 cm³/mol. The van der Waals surface area contributed by atoms with Gasteiger partial charge in [0.15, 0.2) is 0 Å². The lowest BCUT2D eigenvalue weighted by Crippen LogP contribution is -2.38. The van der Waals surface area contributed by atoms with E-state index in [2.05, 4.69) is 12.2 Å². The Bertz CT molecular complexity index is 556. The van der Waals surface area contributed by atoms with Gasteiger partial charge < -0.3 is 19.5 Å². The standard InChI is InChI=1S/C18H25NO4/c1-22-16-9-8-15(17(12-16)23-2)13-19(10-11-20)18(21)14-6-4-3-5-7-14/h3-4,8-9,12,14,20H,5-7,10-11,13H2,1-2H3. The van der Waals surface area contributed by atoms with E-state index in [4.69, 9.17) is 9.47 Å². The third-order valence-corrected chi connectivity index (χ3v) is 4.16. The molecule has 1 amide bonds. The Balaban J connectivity index is 2.15. The lowest BCUT2D eigenvalue weighted by molar-refractivity contribution is -0.137. The van der Waals surface area contributed by atoms with Crippen molar-refractivity contribution < 1.29 is 19.4 Å². The van der Waals surface area contributed by atoms with Crippen molar-refractivity contribution >= 4 is 5.91 Å². The second-order valence-electron chi connectivity index (χ2n) is 5.64. The molecule has 0 saturated heterocycles. The molecule has 5 nitrogen and oxygen atoms in total. The number of carbonyl (C=O) groups excluding carboxylic acids is 1. The molecule has 0 heterocycles. The first-order chi connectivity index (χ1) is 11.2. The highest BCUT2D eigenvalue weighted by Crippen LogP contribution is 2.27. The molecule has 1 unspecified atom stereocenters. The van der Waals surface area contributed by atoms with Crippen LogP contribution < -0.4 is 9.47 Å². The Labute approximate surface area is 137 Å². The smallest absolute Gasteiger partial charge is 0.226 e. The van der Waals surface area contributed by atoms with E-state index in [1.165, 1.54) is 0 Å². The summed E-state index contributed by atoms with van der Waals surface area (Å²) in [6.07, 6.45) is 6.77. The van der Waals surface area contributed by atoms with Gasteiger partial charge in [-0.3, -0.25) is 4.79 Å². The van der Waals surface area contributed by atoms with Gasteiger partial charge >= 0.3 is 0 Å².